The van der Waals surface area contributed by atoms with E-state index in [1.54, 1.807) is 19.1 Å². The van der Waals surface area contributed by atoms with Gasteiger partial charge < -0.3 is 10.1 Å². The summed E-state index contributed by atoms with van der Waals surface area (Å²) in [7, 11) is -3.79. The molecule has 0 aliphatic heterocycles. The van der Waals surface area contributed by atoms with Crippen LogP contribution in [0.25, 0.3) is 10.8 Å². The summed E-state index contributed by atoms with van der Waals surface area (Å²) in [5.74, 6) is 0.296. The molecule has 3 rings (SSSR count). The number of hydrogen-bond donors (Lipinski definition) is 2. The van der Waals surface area contributed by atoms with Gasteiger partial charge in [0, 0.05) is 0 Å². The van der Waals surface area contributed by atoms with Gasteiger partial charge in [-0.1, -0.05) is 42.5 Å². The standard InChI is InChI=1S/C20H20N2O4S/c1-14(16-7-4-8-19(12-16)27(21,24)25)22-20(23)13-26-18-10-9-15-5-2-3-6-17(15)11-18/h2-12,14H,13H2,1H3,(H,22,23)(H2,21,24,25). The first kappa shape index (κ1) is 18.9. The van der Waals surface area contributed by atoms with Gasteiger partial charge in [-0.2, -0.15) is 0 Å². The Morgan fingerprint density at radius 2 is 1.78 bits per heavy atom. The zero-order valence-corrected chi connectivity index (χ0v) is 15.6. The minimum absolute atomic E-state index is 0.00788. The van der Waals surface area contributed by atoms with Crippen LogP contribution in [-0.4, -0.2) is 20.9 Å². The van der Waals surface area contributed by atoms with Crippen molar-refractivity contribution in [3.05, 3.63) is 72.3 Å². The number of ether oxygens (including phenoxy) is 1. The highest BCUT2D eigenvalue weighted by atomic mass is 32.2. The van der Waals surface area contributed by atoms with E-state index in [9.17, 15) is 13.2 Å². The predicted octanol–water partition coefficient (Wildman–Crippen LogP) is 2.74. The topological polar surface area (TPSA) is 98.5 Å². The van der Waals surface area contributed by atoms with Crippen molar-refractivity contribution < 1.29 is 17.9 Å². The maximum Gasteiger partial charge on any atom is 0.258 e. The normalized spacial score (nSPS) is 12.5. The first-order chi connectivity index (χ1) is 12.8. The molecule has 0 spiro atoms. The molecule has 6 nitrogen and oxygen atoms in total. The summed E-state index contributed by atoms with van der Waals surface area (Å²) in [6.45, 7) is 1.62. The van der Waals surface area contributed by atoms with Crippen molar-refractivity contribution in [1.82, 2.24) is 5.32 Å². The molecule has 1 atom stereocenters. The van der Waals surface area contributed by atoms with Crippen LogP contribution in [0.2, 0.25) is 0 Å². The molecule has 7 heteroatoms. The highest BCUT2D eigenvalue weighted by molar-refractivity contribution is 7.89. The van der Waals surface area contributed by atoms with Gasteiger partial charge >= 0.3 is 0 Å². The third-order valence-corrected chi connectivity index (χ3v) is 5.07. The zero-order chi connectivity index (χ0) is 19.4. The molecule has 0 saturated carbocycles. The Bertz CT molecular complexity index is 1080. The quantitative estimate of drug-likeness (QED) is 0.683. The molecule has 0 aromatic heterocycles. The van der Waals surface area contributed by atoms with Gasteiger partial charge in [-0.15, -0.1) is 0 Å². The number of fused-ring (bicyclic) bond motifs is 1. The highest BCUT2D eigenvalue weighted by Gasteiger charge is 2.14. The Morgan fingerprint density at radius 1 is 1.04 bits per heavy atom. The average molecular weight is 384 g/mol. The van der Waals surface area contributed by atoms with E-state index in [0.29, 0.717) is 11.3 Å². The van der Waals surface area contributed by atoms with Crippen molar-refractivity contribution in [2.45, 2.75) is 17.9 Å². The molecule has 3 aromatic carbocycles. The second-order valence-electron chi connectivity index (χ2n) is 6.20. The Kier molecular flexibility index (Phi) is 5.43. The molecule has 27 heavy (non-hydrogen) atoms. The van der Waals surface area contributed by atoms with E-state index in [4.69, 9.17) is 9.88 Å². The summed E-state index contributed by atoms with van der Waals surface area (Å²) in [5.41, 5.74) is 0.639. The van der Waals surface area contributed by atoms with E-state index in [1.807, 2.05) is 42.5 Å². The predicted molar refractivity (Wildman–Crippen MR) is 104 cm³/mol. The fraction of sp³-hybridized carbons (Fsp3) is 0.150. The SMILES string of the molecule is CC(NC(=O)COc1ccc2ccccc2c1)c1cccc(S(N)(=O)=O)c1. The van der Waals surface area contributed by atoms with Crippen molar-refractivity contribution >= 4 is 26.7 Å². The van der Waals surface area contributed by atoms with Gasteiger partial charge in [0.2, 0.25) is 10.0 Å². The molecule has 0 aliphatic rings. The van der Waals surface area contributed by atoms with Crippen LogP contribution < -0.4 is 15.2 Å². The third-order valence-electron chi connectivity index (χ3n) is 4.15. The second-order valence-corrected chi connectivity index (χ2v) is 7.77. The third kappa shape index (κ3) is 4.84. The van der Waals surface area contributed by atoms with Gasteiger partial charge in [0.15, 0.2) is 6.61 Å². The van der Waals surface area contributed by atoms with Crippen LogP contribution in [0.4, 0.5) is 0 Å². The summed E-state index contributed by atoms with van der Waals surface area (Å²) in [5, 5.41) is 10.1. The lowest BCUT2D eigenvalue weighted by Crippen LogP contribution is -2.31. The molecule has 0 fully saturated rings. The number of nitrogens with two attached hydrogens (primary N) is 1. The van der Waals surface area contributed by atoms with Crippen molar-refractivity contribution in [2.75, 3.05) is 6.61 Å². The van der Waals surface area contributed by atoms with Crippen LogP contribution in [0.3, 0.4) is 0 Å². The van der Waals surface area contributed by atoms with E-state index < -0.39 is 10.0 Å². The van der Waals surface area contributed by atoms with Crippen LogP contribution in [0.1, 0.15) is 18.5 Å². The van der Waals surface area contributed by atoms with E-state index in [0.717, 1.165) is 10.8 Å². The number of rotatable bonds is 6. The lowest BCUT2D eigenvalue weighted by Gasteiger charge is -2.15. The second kappa shape index (κ2) is 7.77. The molecule has 0 heterocycles. The lowest BCUT2D eigenvalue weighted by atomic mass is 10.1. The molecular formula is C20H20N2O4S. The monoisotopic (exact) mass is 384 g/mol. The van der Waals surface area contributed by atoms with E-state index in [-0.39, 0.29) is 23.5 Å². The maximum atomic E-state index is 12.2. The highest BCUT2D eigenvalue weighted by Crippen LogP contribution is 2.21. The maximum absolute atomic E-state index is 12.2. The first-order valence-electron chi connectivity index (χ1n) is 8.37. The molecule has 0 aliphatic carbocycles. The van der Waals surface area contributed by atoms with Crippen LogP contribution in [0.5, 0.6) is 5.75 Å². The number of carbonyl (C=O) groups is 1. The number of benzene rings is 3. The van der Waals surface area contributed by atoms with E-state index in [1.165, 1.54) is 12.1 Å². The van der Waals surface area contributed by atoms with Crippen molar-refractivity contribution in [1.29, 1.82) is 0 Å². The molecule has 1 amide bonds. The van der Waals surface area contributed by atoms with Crippen LogP contribution in [0.15, 0.2) is 71.6 Å². The van der Waals surface area contributed by atoms with E-state index in [2.05, 4.69) is 5.32 Å². The fourth-order valence-electron chi connectivity index (χ4n) is 2.73. The Morgan fingerprint density at radius 3 is 2.52 bits per heavy atom. The number of primary sulfonamides is 1. The van der Waals surface area contributed by atoms with Crippen LogP contribution >= 0.6 is 0 Å². The van der Waals surface area contributed by atoms with Gasteiger partial charge in [0.25, 0.3) is 5.91 Å². The smallest absolute Gasteiger partial charge is 0.258 e. The summed E-state index contributed by atoms with van der Waals surface area (Å²) >= 11 is 0. The van der Waals surface area contributed by atoms with Crippen LogP contribution in [0, 0.1) is 0 Å². The Hall–Kier alpha value is -2.90. The number of carbonyl (C=O) groups excluding carboxylic acids is 1. The Labute approximate surface area is 158 Å². The van der Waals surface area contributed by atoms with Crippen LogP contribution in [-0.2, 0) is 14.8 Å². The van der Waals surface area contributed by atoms with Crippen molar-refractivity contribution in [3.63, 3.8) is 0 Å². The summed E-state index contributed by atoms with van der Waals surface area (Å²) in [6, 6.07) is 19.3. The molecule has 1 unspecified atom stereocenters. The lowest BCUT2D eigenvalue weighted by molar-refractivity contribution is -0.123. The minimum atomic E-state index is -3.79. The number of nitrogens with one attached hydrogen (secondary N) is 1. The summed E-state index contributed by atoms with van der Waals surface area (Å²) < 4.78 is 28.5. The van der Waals surface area contributed by atoms with Gasteiger partial charge in [-0.3, -0.25) is 4.79 Å². The Balaban J connectivity index is 1.61. The largest absolute Gasteiger partial charge is 0.484 e. The first-order valence-corrected chi connectivity index (χ1v) is 9.91. The molecule has 0 radical (unpaired) electrons. The average Bonchev–Trinajstić information content (AvgIpc) is 2.65. The summed E-state index contributed by atoms with van der Waals surface area (Å²) in [6.07, 6.45) is 0. The molecule has 3 N–H and O–H groups in total. The minimum Gasteiger partial charge on any atom is -0.484 e. The van der Waals surface area contributed by atoms with Gasteiger partial charge in [-0.05, 0) is 47.5 Å². The number of sulfonamides is 1. The molecule has 0 saturated heterocycles. The molecular weight excluding hydrogens is 364 g/mol. The van der Waals surface area contributed by atoms with Gasteiger partial charge in [0.1, 0.15) is 5.75 Å². The van der Waals surface area contributed by atoms with Crippen molar-refractivity contribution in [2.24, 2.45) is 5.14 Å². The summed E-state index contributed by atoms with van der Waals surface area (Å²) in [4.78, 5) is 12.2. The molecule has 3 aromatic rings. The fourth-order valence-corrected chi connectivity index (χ4v) is 3.30. The van der Waals surface area contributed by atoms with Crippen molar-refractivity contribution in [3.8, 4) is 5.75 Å². The molecule has 140 valence electrons. The zero-order valence-electron chi connectivity index (χ0n) is 14.8. The number of hydrogen-bond acceptors (Lipinski definition) is 4. The molecule has 0 bridgehead atoms. The van der Waals surface area contributed by atoms with Gasteiger partial charge in [0.05, 0.1) is 10.9 Å². The number of amides is 1. The van der Waals surface area contributed by atoms with E-state index >= 15 is 0 Å². The van der Waals surface area contributed by atoms with Gasteiger partial charge in [-0.25, -0.2) is 13.6 Å².